The lowest BCUT2D eigenvalue weighted by Crippen LogP contribution is -2.38. The molecule has 162 valence electrons. The predicted octanol–water partition coefficient (Wildman–Crippen LogP) is 2.85. The Bertz CT molecular complexity index is 825. The third kappa shape index (κ3) is 5.82. The van der Waals surface area contributed by atoms with Crippen molar-refractivity contribution in [3.63, 3.8) is 0 Å². The van der Waals surface area contributed by atoms with E-state index in [2.05, 4.69) is 36.1 Å². The first-order valence-corrected chi connectivity index (χ1v) is 10.8. The van der Waals surface area contributed by atoms with Crippen LogP contribution in [0.3, 0.4) is 0 Å². The summed E-state index contributed by atoms with van der Waals surface area (Å²) in [5, 5.41) is 18.3. The van der Waals surface area contributed by atoms with Crippen molar-refractivity contribution in [2.45, 2.75) is 50.6 Å². The Hall–Kier alpha value is -2.39. The highest BCUT2D eigenvalue weighted by molar-refractivity contribution is 5.63. The second-order valence-electron chi connectivity index (χ2n) is 8.18. The molecule has 2 aliphatic rings. The third-order valence-electron chi connectivity index (χ3n) is 5.74. The fraction of sp³-hybridized carbons (Fsp3) is 0.619. The molecule has 0 aliphatic heterocycles. The van der Waals surface area contributed by atoms with Crippen LogP contribution in [0.5, 0.6) is 0 Å². The maximum absolute atomic E-state index is 14.4. The van der Waals surface area contributed by atoms with Crippen LogP contribution >= 0.6 is 0 Å². The number of ether oxygens (including phenoxy) is 1. The monoisotopic (exact) mass is 415 g/mol. The van der Waals surface area contributed by atoms with Gasteiger partial charge in [0.2, 0.25) is 5.95 Å². The molecule has 2 heterocycles. The molecule has 3 N–H and O–H groups in total. The van der Waals surface area contributed by atoms with E-state index in [1.807, 2.05) is 0 Å². The molecule has 0 spiro atoms. The first kappa shape index (κ1) is 20.9. The van der Waals surface area contributed by atoms with E-state index >= 15 is 0 Å². The van der Waals surface area contributed by atoms with E-state index in [1.165, 1.54) is 25.2 Å². The normalized spacial score (nSPS) is 21.4. The van der Waals surface area contributed by atoms with Gasteiger partial charge in [0.05, 0.1) is 19.0 Å². The summed E-state index contributed by atoms with van der Waals surface area (Å²) in [5.41, 5.74) is 0.837. The van der Waals surface area contributed by atoms with Gasteiger partial charge in [-0.2, -0.15) is 5.10 Å². The van der Waals surface area contributed by atoms with Crippen molar-refractivity contribution in [3.8, 4) is 11.3 Å². The smallest absolute Gasteiger partial charge is 0.223 e. The minimum absolute atomic E-state index is 0.242. The number of nitrogens with one attached hydrogen (secondary N) is 3. The van der Waals surface area contributed by atoms with Gasteiger partial charge in [-0.3, -0.25) is 0 Å². The Labute approximate surface area is 176 Å². The van der Waals surface area contributed by atoms with Crippen LogP contribution in [0.4, 0.5) is 16.2 Å². The largest absolute Gasteiger partial charge is 0.383 e. The van der Waals surface area contributed by atoms with Gasteiger partial charge in [-0.1, -0.05) is 0 Å². The van der Waals surface area contributed by atoms with Crippen LogP contribution in [-0.2, 0) is 4.74 Å². The van der Waals surface area contributed by atoms with Crippen LogP contribution in [0, 0.1) is 11.7 Å². The molecule has 0 bridgehead atoms. The van der Waals surface area contributed by atoms with Crippen molar-refractivity contribution >= 4 is 11.8 Å². The van der Waals surface area contributed by atoms with Crippen molar-refractivity contribution in [1.82, 2.24) is 25.5 Å². The predicted molar refractivity (Wildman–Crippen MR) is 114 cm³/mol. The number of aromatic nitrogens is 4. The van der Waals surface area contributed by atoms with E-state index in [9.17, 15) is 4.39 Å². The van der Waals surface area contributed by atoms with Gasteiger partial charge >= 0.3 is 0 Å². The molecule has 0 radical (unpaired) electrons. The molecular formula is C21H30FN7O. The van der Waals surface area contributed by atoms with E-state index in [4.69, 9.17) is 4.74 Å². The molecule has 2 aromatic rings. The van der Waals surface area contributed by atoms with Crippen LogP contribution in [-0.4, -0.2) is 59.1 Å². The van der Waals surface area contributed by atoms with Gasteiger partial charge in [0.1, 0.15) is 11.5 Å². The SMILES string of the molecule is COCCNC1CCC(Nc2ncc(F)c(-c3cnnc(NCC4CC4)c3)n2)CC1. The number of nitrogens with zero attached hydrogens (tertiary/aromatic N) is 4. The van der Waals surface area contributed by atoms with Gasteiger partial charge in [-0.05, 0) is 50.5 Å². The summed E-state index contributed by atoms with van der Waals surface area (Å²) >= 11 is 0. The van der Waals surface area contributed by atoms with Gasteiger partial charge < -0.3 is 20.7 Å². The van der Waals surface area contributed by atoms with Crippen molar-refractivity contribution in [2.24, 2.45) is 5.92 Å². The minimum Gasteiger partial charge on any atom is -0.383 e. The maximum Gasteiger partial charge on any atom is 0.223 e. The highest BCUT2D eigenvalue weighted by atomic mass is 19.1. The Kier molecular flexibility index (Phi) is 7.01. The van der Waals surface area contributed by atoms with Gasteiger partial charge in [-0.25, -0.2) is 14.4 Å². The quantitative estimate of drug-likeness (QED) is 0.510. The number of methoxy groups -OCH3 is 1. The molecule has 0 amide bonds. The van der Waals surface area contributed by atoms with E-state index in [0.717, 1.165) is 45.4 Å². The highest BCUT2D eigenvalue weighted by Crippen LogP contribution is 2.29. The van der Waals surface area contributed by atoms with Crippen LogP contribution in [0.25, 0.3) is 11.3 Å². The van der Waals surface area contributed by atoms with Crippen molar-refractivity contribution < 1.29 is 9.13 Å². The first-order valence-electron chi connectivity index (χ1n) is 10.8. The number of hydrogen-bond acceptors (Lipinski definition) is 8. The summed E-state index contributed by atoms with van der Waals surface area (Å²) in [6.45, 7) is 2.48. The van der Waals surface area contributed by atoms with Crippen LogP contribution in [0.2, 0.25) is 0 Å². The fourth-order valence-electron chi connectivity index (χ4n) is 3.78. The van der Waals surface area contributed by atoms with Gasteiger partial charge in [0.25, 0.3) is 0 Å². The second-order valence-corrected chi connectivity index (χ2v) is 8.18. The molecule has 2 saturated carbocycles. The van der Waals surface area contributed by atoms with E-state index < -0.39 is 5.82 Å². The van der Waals surface area contributed by atoms with Crippen molar-refractivity contribution in [1.29, 1.82) is 0 Å². The minimum atomic E-state index is -0.465. The van der Waals surface area contributed by atoms with E-state index in [-0.39, 0.29) is 11.7 Å². The zero-order valence-electron chi connectivity index (χ0n) is 17.4. The molecule has 0 aromatic carbocycles. The average Bonchev–Trinajstić information content (AvgIpc) is 3.60. The summed E-state index contributed by atoms with van der Waals surface area (Å²) in [4.78, 5) is 8.59. The molecule has 0 saturated heterocycles. The molecule has 0 atom stereocenters. The Balaban J connectivity index is 1.36. The maximum atomic E-state index is 14.4. The fourth-order valence-corrected chi connectivity index (χ4v) is 3.78. The standard InChI is InChI=1S/C21H30FN7O/c1-30-9-8-23-16-4-6-17(7-5-16)27-21-25-13-18(22)20(28-21)15-10-19(29-26-12-15)24-11-14-2-3-14/h10,12-14,16-17,23H,2-9,11H2,1H3,(H,24,29)(H,25,27,28). The lowest BCUT2D eigenvalue weighted by Gasteiger charge is -2.29. The molecule has 0 unspecified atom stereocenters. The zero-order valence-corrected chi connectivity index (χ0v) is 17.4. The lowest BCUT2D eigenvalue weighted by molar-refractivity contribution is 0.191. The molecular weight excluding hydrogens is 385 g/mol. The summed E-state index contributed by atoms with van der Waals surface area (Å²) < 4.78 is 19.5. The average molecular weight is 416 g/mol. The summed E-state index contributed by atoms with van der Waals surface area (Å²) in [6.07, 6.45) is 9.47. The van der Waals surface area contributed by atoms with Crippen LogP contribution in [0.1, 0.15) is 38.5 Å². The number of anilines is 2. The zero-order chi connectivity index (χ0) is 20.8. The molecule has 9 heteroatoms. The molecule has 2 aliphatic carbocycles. The van der Waals surface area contributed by atoms with Crippen molar-refractivity contribution in [2.75, 3.05) is 37.4 Å². The number of halogens is 1. The third-order valence-corrected chi connectivity index (χ3v) is 5.74. The second kappa shape index (κ2) is 10.1. The highest BCUT2D eigenvalue weighted by Gasteiger charge is 2.22. The first-order chi connectivity index (χ1) is 14.7. The van der Waals surface area contributed by atoms with Crippen molar-refractivity contribution in [3.05, 3.63) is 24.3 Å². The molecule has 2 fully saturated rings. The van der Waals surface area contributed by atoms with E-state index in [1.54, 1.807) is 13.2 Å². The number of rotatable bonds is 10. The molecule has 2 aromatic heterocycles. The Morgan fingerprint density at radius 2 is 1.90 bits per heavy atom. The topological polar surface area (TPSA) is 96.9 Å². The number of hydrogen-bond donors (Lipinski definition) is 3. The van der Waals surface area contributed by atoms with Gasteiger partial charge in [0, 0.05) is 37.8 Å². The lowest BCUT2D eigenvalue weighted by atomic mass is 9.91. The van der Waals surface area contributed by atoms with Gasteiger partial charge in [-0.15, -0.1) is 5.10 Å². The summed E-state index contributed by atoms with van der Waals surface area (Å²) in [6, 6.07) is 2.60. The van der Waals surface area contributed by atoms with E-state index in [0.29, 0.717) is 29.3 Å². The van der Waals surface area contributed by atoms with Crippen LogP contribution < -0.4 is 16.0 Å². The summed E-state index contributed by atoms with van der Waals surface area (Å²) in [5.74, 6) is 1.35. The van der Waals surface area contributed by atoms with Gasteiger partial charge in [0.15, 0.2) is 5.82 Å². The summed E-state index contributed by atoms with van der Waals surface area (Å²) in [7, 11) is 1.72. The molecule has 30 heavy (non-hydrogen) atoms. The molecule has 4 rings (SSSR count). The molecule has 8 nitrogen and oxygen atoms in total. The van der Waals surface area contributed by atoms with Crippen LogP contribution in [0.15, 0.2) is 18.5 Å². The Morgan fingerprint density at radius 3 is 2.67 bits per heavy atom. The Morgan fingerprint density at radius 1 is 1.10 bits per heavy atom.